The van der Waals surface area contributed by atoms with E-state index in [2.05, 4.69) is 26.6 Å². The minimum absolute atomic E-state index is 0.00865. The Morgan fingerprint density at radius 2 is 0.981 bits per heavy atom. The van der Waals surface area contributed by atoms with Crippen LogP contribution in [0, 0.1) is 29.6 Å². The Morgan fingerprint density at radius 1 is 0.524 bits per heavy atom. The Balaban J connectivity index is 2.03. The standard InChI is InChI=1S/C78H127N13O14/c1-20-21-35-91-47-66(94)85(15)61(42-51(6)7)69(95)82-60(48-105-39-38-84(13)14)75(101)88(18)64(45-56-33-27-23-28-34-56)77(103)89(19)68(53(10)11)72(98)81-59(76(102)90-36-29-24-30-37-90)46-65(93)79-57(40-49(2)3)73(99)87(17)63(44-55-31-25-22-26-32-55)70(96)80-58(41-50(4)5)74(100)86(16)62(43-52(8)9)71(97)83-67(54(12)92)78(91)104/h22-23,25-28,31-34,49-54,57-64,67-68,92H,20-21,24,29-30,35-48H2,1-19H3,(H,79,93)(H,80,96)(H,81,98)(H,82,95)(H,83,97)/t54-,57-,58+,59+,60+,61+,62+,63+,64+,67+,68+/m1/s1. The quantitative estimate of drug-likeness (QED) is 0.0861. The van der Waals surface area contributed by atoms with E-state index >= 15 is 38.4 Å². The number of rotatable bonds is 23. The molecule has 2 saturated heterocycles. The number of hydrogen-bond acceptors (Lipinski definition) is 15. The van der Waals surface area contributed by atoms with Crippen molar-refractivity contribution in [3.63, 3.8) is 0 Å². The molecule has 27 nitrogen and oxygen atoms in total. The van der Waals surface area contributed by atoms with Gasteiger partial charge >= 0.3 is 0 Å². The van der Waals surface area contributed by atoms with E-state index in [1.807, 2.05) is 81.3 Å². The summed E-state index contributed by atoms with van der Waals surface area (Å²) in [5, 5.41) is 25.8. The summed E-state index contributed by atoms with van der Waals surface area (Å²) in [4.78, 5) is 193. The van der Waals surface area contributed by atoms with Gasteiger partial charge in [0, 0.05) is 74.3 Å². The summed E-state index contributed by atoms with van der Waals surface area (Å²) < 4.78 is 6.11. The van der Waals surface area contributed by atoms with Crippen LogP contribution in [0.2, 0.25) is 0 Å². The fourth-order valence-corrected chi connectivity index (χ4v) is 13.4. The molecule has 0 unspecified atom stereocenters. The topological polar surface area (TPSA) is 320 Å². The van der Waals surface area contributed by atoms with Crippen LogP contribution in [-0.2, 0) is 75.1 Å². The average molecular weight is 1470 g/mol. The number of likely N-dealkylation sites (N-methyl/N-ethyl adjacent to an activating group) is 6. The highest BCUT2D eigenvalue weighted by Gasteiger charge is 2.44. The number of aliphatic hydroxyl groups excluding tert-OH is 1. The number of carbonyl (C=O) groups excluding carboxylic acids is 12. The molecule has 0 spiro atoms. The second-order valence-electron chi connectivity index (χ2n) is 31.1. The number of unbranched alkanes of at least 4 members (excludes halogenated alkanes) is 1. The molecule has 0 radical (unpaired) electrons. The number of carbonyl (C=O) groups is 12. The van der Waals surface area contributed by atoms with E-state index in [1.54, 1.807) is 79.4 Å². The summed E-state index contributed by atoms with van der Waals surface area (Å²) in [5.74, 6) is -10.3. The monoisotopic (exact) mass is 1470 g/mol. The highest BCUT2D eigenvalue weighted by Crippen LogP contribution is 2.23. The first-order valence-electron chi connectivity index (χ1n) is 37.8. The molecule has 2 aliphatic heterocycles. The number of amides is 12. The number of aliphatic hydroxyl groups is 1. The molecule has 0 bridgehead atoms. The molecule has 6 N–H and O–H groups in total. The van der Waals surface area contributed by atoms with Gasteiger partial charge in [0.2, 0.25) is 70.9 Å². The lowest BCUT2D eigenvalue weighted by molar-refractivity contribution is -0.151. The molecule has 105 heavy (non-hydrogen) atoms. The van der Waals surface area contributed by atoms with Crippen LogP contribution in [-0.4, -0.2) is 277 Å². The van der Waals surface area contributed by atoms with Crippen molar-refractivity contribution in [2.24, 2.45) is 29.6 Å². The second kappa shape index (κ2) is 43.5. The Hall–Kier alpha value is -8.04. The molecule has 0 aromatic heterocycles. The van der Waals surface area contributed by atoms with E-state index in [9.17, 15) is 24.3 Å². The maximum absolute atomic E-state index is 15.6. The van der Waals surface area contributed by atoms with E-state index < -0.39 is 156 Å². The summed E-state index contributed by atoms with van der Waals surface area (Å²) >= 11 is 0. The molecular weight excluding hydrogens is 1340 g/mol. The Morgan fingerprint density at radius 3 is 1.48 bits per heavy atom. The van der Waals surface area contributed by atoms with Crippen LogP contribution in [0.25, 0.3) is 0 Å². The van der Waals surface area contributed by atoms with Gasteiger partial charge in [0.15, 0.2) is 0 Å². The molecule has 27 heteroatoms. The van der Waals surface area contributed by atoms with Crippen LogP contribution in [0.4, 0.5) is 0 Å². The third-order valence-electron chi connectivity index (χ3n) is 19.5. The first-order chi connectivity index (χ1) is 49.4. The van der Waals surface area contributed by atoms with E-state index in [-0.39, 0.29) is 82.0 Å². The highest BCUT2D eigenvalue weighted by atomic mass is 16.5. The average Bonchev–Trinajstić information content (AvgIpc) is 0.798. The van der Waals surface area contributed by atoms with Crippen LogP contribution in [0.3, 0.4) is 0 Å². The first-order valence-corrected chi connectivity index (χ1v) is 37.8. The maximum Gasteiger partial charge on any atom is 0.248 e. The smallest absolute Gasteiger partial charge is 0.248 e. The molecule has 12 amide bonds. The number of hydrogen-bond donors (Lipinski definition) is 6. The SMILES string of the molecule is CCCCN1CC(=O)N(C)[C@@H](CC(C)C)C(=O)N[C@@H](COCCN(C)C)C(=O)N(C)[C@@H](Cc2ccccc2)C(=O)N(C)[C@@H](C(C)C)C(=O)N[C@H](C(=O)N2CCCCC2)CC(=O)N[C@H](CC(C)C)C(=O)N(C)[C@@H](Cc2ccccc2)C(=O)N[C@@H](CC(C)C)C(=O)N(C)[C@@H](CC(C)C)C(=O)N[C@@H]([C@@H](C)O)C1=O. The first kappa shape index (κ1) is 89.4. The summed E-state index contributed by atoms with van der Waals surface area (Å²) in [6, 6.07) is 4.07. The van der Waals surface area contributed by atoms with E-state index in [4.69, 9.17) is 4.74 Å². The second-order valence-corrected chi connectivity index (χ2v) is 31.1. The Bertz CT molecular complexity index is 3160. The molecular formula is C78H127N13O14. The molecule has 2 aliphatic rings. The van der Waals surface area contributed by atoms with Crippen molar-refractivity contribution in [1.82, 2.24) is 65.8 Å². The van der Waals surface area contributed by atoms with Gasteiger partial charge in [-0.05, 0) is 113 Å². The van der Waals surface area contributed by atoms with Gasteiger partial charge in [-0.2, -0.15) is 0 Å². The van der Waals surface area contributed by atoms with Crippen molar-refractivity contribution in [2.45, 2.75) is 227 Å². The van der Waals surface area contributed by atoms with Crippen LogP contribution in [0.1, 0.15) is 158 Å². The third kappa shape index (κ3) is 27.7. The Kier molecular flexibility index (Phi) is 37.1. The molecule has 2 aromatic carbocycles. The van der Waals surface area contributed by atoms with Crippen LogP contribution in [0.15, 0.2) is 60.7 Å². The van der Waals surface area contributed by atoms with E-state index in [0.29, 0.717) is 56.4 Å². The van der Waals surface area contributed by atoms with Gasteiger partial charge < -0.3 is 75.6 Å². The summed E-state index contributed by atoms with van der Waals surface area (Å²) in [5.41, 5.74) is 1.29. The van der Waals surface area contributed by atoms with Gasteiger partial charge in [0.05, 0.1) is 32.3 Å². The van der Waals surface area contributed by atoms with Gasteiger partial charge in [-0.3, -0.25) is 57.5 Å². The molecule has 588 valence electrons. The largest absolute Gasteiger partial charge is 0.391 e. The number of benzene rings is 2. The van der Waals surface area contributed by atoms with Gasteiger partial charge in [-0.15, -0.1) is 0 Å². The third-order valence-corrected chi connectivity index (χ3v) is 19.5. The van der Waals surface area contributed by atoms with Crippen molar-refractivity contribution < 1.29 is 67.4 Å². The predicted octanol–water partition coefficient (Wildman–Crippen LogP) is 3.88. The molecule has 4 rings (SSSR count). The zero-order valence-corrected chi connectivity index (χ0v) is 66.3. The number of piperidine rings is 1. The van der Waals surface area contributed by atoms with Gasteiger partial charge in [-0.1, -0.05) is 143 Å². The predicted molar refractivity (Wildman–Crippen MR) is 403 cm³/mol. The van der Waals surface area contributed by atoms with E-state index in [0.717, 1.165) is 6.42 Å². The fourth-order valence-electron chi connectivity index (χ4n) is 13.4. The summed E-state index contributed by atoms with van der Waals surface area (Å²) in [6.45, 7) is 21.7. The zero-order valence-electron chi connectivity index (χ0n) is 66.3. The maximum atomic E-state index is 15.6. The van der Waals surface area contributed by atoms with Crippen molar-refractivity contribution in [3.05, 3.63) is 71.8 Å². The van der Waals surface area contributed by atoms with Gasteiger partial charge in [0.25, 0.3) is 0 Å². The summed E-state index contributed by atoms with van der Waals surface area (Å²) in [6.07, 6.45) is 1.11. The van der Waals surface area contributed by atoms with Crippen molar-refractivity contribution >= 4 is 70.9 Å². The number of ether oxygens (including phenoxy) is 1. The zero-order chi connectivity index (χ0) is 78.7. The van der Waals surface area contributed by atoms with Crippen LogP contribution >= 0.6 is 0 Å². The molecule has 11 atom stereocenters. The molecule has 0 saturated carbocycles. The molecule has 0 aliphatic carbocycles. The lowest BCUT2D eigenvalue weighted by Crippen LogP contribution is -2.62. The normalized spacial score (nSPS) is 24.4. The minimum atomic E-state index is -1.66. The van der Waals surface area contributed by atoms with Crippen molar-refractivity contribution in [1.29, 1.82) is 0 Å². The number of nitrogens with one attached hydrogen (secondary N) is 5. The molecule has 2 fully saturated rings. The van der Waals surface area contributed by atoms with Gasteiger partial charge in [0.1, 0.15) is 60.4 Å². The highest BCUT2D eigenvalue weighted by molar-refractivity contribution is 6.00. The van der Waals surface area contributed by atoms with Crippen molar-refractivity contribution in [2.75, 3.05) is 95.3 Å². The summed E-state index contributed by atoms with van der Waals surface area (Å²) in [7, 11) is 10.8. The molecule has 2 aromatic rings. The fraction of sp³-hybridized carbons (Fsp3) is 0.692. The number of nitrogens with zero attached hydrogens (tertiary/aromatic N) is 8. The Labute approximate surface area is 624 Å². The van der Waals surface area contributed by atoms with Gasteiger partial charge in [-0.25, -0.2) is 0 Å². The lowest BCUT2D eigenvalue weighted by atomic mass is 9.97. The van der Waals surface area contributed by atoms with Crippen LogP contribution < -0.4 is 26.6 Å². The van der Waals surface area contributed by atoms with E-state index in [1.165, 1.54) is 71.6 Å². The minimum Gasteiger partial charge on any atom is -0.391 e. The lowest BCUT2D eigenvalue weighted by Gasteiger charge is -2.38. The molecule has 2 heterocycles. The number of likely N-dealkylation sites (tertiary alicyclic amines) is 1. The van der Waals surface area contributed by atoms with Crippen LogP contribution in [0.5, 0.6) is 0 Å². The van der Waals surface area contributed by atoms with Crippen molar-refractivity contribution in [3.8, 4) is 0 Å².